The first-order chi connectivity index (χ1) is 10.1. The van der Waals surface area contributed by atoms with Crippen LogP contribution in [0.1, 0.15) is 39.7 Å². The Morgan fingerprint density at radius 3 is 2.45 bits per heavy atom. The molecule has 0 heterocycles. The van der Waals surface area contributed by atoms with Crippen LogP contribution in [0.5, 0.6) is 5.75 Å². The Kier molecular flexibility index (Phi) is 5.79. The fourth-order valence-corrected chi connectivity index (χ4v) is 1.76. The predicted octanol–water partition coefficient (Wildman–Crippen LogP) is 3.39. The van der Waals surface area contributed by atoms with E-state index in [1.54, 1.807) is 39.8 Å². The minimum Gasteiger partial charge on any atom is -0.506 e. The summed E-state index contributed by atoms with van der Waals surface area (Å²) in [6.45, 7) is 6.89. The third-order valence-corrected chi connectivity index (χ3v) is 2.99. The second kappa shape index (κ2) is 7.15. The van der Waals surface area contributed by atoms with Crippen molar-refractivity contribution in [1.82, 2.24) is 0 Å². The molecule has 1 aromatic carbocycles. The Morgan fingerprint density at radius 1 is 1.32 bits per heavy atom. The molecule has 0 saturated heterocycles. The number of amides is 1. The summed E-state index contributed by atoms with van der Waals surface area (Å²) < 4.78 is 5.11. The number of benzene rings is 1. The fraction of sp³-hybridized carbons (Fsp3) is 0.500. The van der Waals surface area contributed by atoms with Crippen LogP contribution in [0.15, 0.2) is 18.2 Å². The number of hydrogen-bond acceptors (Lipinski definition) is 4. The number of anilines is 1. The molecule has 0 radical (unpaired) electrons. The molecular formula is C16H23NO5. The third kappa shape index (κ3) is 6.03. The number of rotatable bonds is 5. The van der Waals surface area contributed by atoms with E-state index in [0.29, 0.717) is 12.8 Å². The van der Waals surface area contributed by atoms with Gasteiger partial charge in [0.25, 0.3) is 0 Å². The number of carboxylic acids is 1. The van der Waals surface area contributed by atoms with Crippen molar-refractivity contribution < 1.29 is 24.5 Å². The van der Waals surface area contributed by atoms with Crippen molar-refractivity contribution in [2.24, 2.45) is 5.92 Å². The van der Waals surface area contributed by atoms with E-state index in [2.05, 4.69) is 5.32 Å². The summed E-state index contributed by atoms with van der Waals surface area (Å²) in [5.41, 5.74) is 0.441. The molecule has 1 amide bonds. The highest BCUT2D eigenvalue weighted by Crippen LogP contribution is 2.26. The van der Waals surface area contributed by atoms with Gasteiger partial charge in [-0.3, -0.25) is 10.1 Å². The van der Waals surface area contributed by atoms with Crippen molar-refractivity contribution in [2.75, 3.05) is 5.32 Å². The molecule has 0 saturated carbocycles. The number of carboxylic acid groups (broad SMARTS) is 1. The molecule has 1 atom stereocenters. The van der Waals surface area contributed by atoms with Crippen molar-refractivity contribution in [2.45, 2.75) is 46.1 Å². The standard InChI is InChI=1S/C16H23NO5/c1-10(14(19)20)5-6-11-7-8-12(13(18)9-11)17-15(21)22-16(2,3)4/h7-10,18H,5-6H2,1-4H3,(H,17,21)(H,19,20). The summed E-state index contributed by atoms with van der Waals surface area (Å²) >= 11 is 0. The summed E-state index contributed by atoms with van der Waals surface area (Å²) in [5.74, 6) is -1.36. The van der Waals surface area contributed by atoms with Gasteiger partial charge in [0, 0.05) is 0 Å². The van der Waals surface area contributed by atoms with Gasteiger partial charge in [-0.1, -0.05) is 13.0 Å². The number of carbonyl (C=O) groups excluding carboxylic acids is 1. The van der Waals surface area contributed by atoms with Crippen molar-refractivity contribution in [3.05, 3.63) is 23.8 Å². The van der Waals surface area contributed by atoms with E-state index in [4.69, 9.17) is 9.84 Å². The Labute approximate surface area is 130 Å². The lowest BCUT2D eigenvalue weighted by molar-refractivity contribution is -0.141. The topological polar surface area (TPSA) is 95.9 Å². The first-order valence-corrected chi connectivity index (χ1v) is 7.13. The molecule has 22 heavy (non-hydrogen) atoms. The van der Waals surface area contributed by atoms with Gasteiger partial charge in [-0.25, -0.2) is 4.79 Å². The van der Waals surface area contributed by atoms with E-state index in [9.17, 15) is 14.7 Å². The predicted molar refractivity (Wildman–Crippen MR) is 83.1 cm³/mol. The molecule has 0 fully saturated rings. The maximum absolute atomic E-state index is 11.6. The zero-order chi connectivity index (χ0) is 16.9. The summed E-state index contributed by atoms with van der Waals surface area (Å²) in [4.78, 5) is 22.4. The van der Waals surface area contributed by atoms with E-state index in [-0.39, 0.29) is 11.4 Å². The molecule has 0 aliphatic rings. The van der Waals surface area contributed by atoms with E-state index < -0.39 is 23.6 Å². The van der Waals surface area contributed by atoms with Crippen molar-refractivity contribution >= 4 is 17.7 Å². The molecular weight excluding hydrogens is 286 g/mol. The first-order valence-electron chi connectivity index (χ1n) is 7.13. The minimum absolute atomic E-state index is 0.0775. The van der Waals surface area contributed by atoms with Gasteiger partial charge < -0.3 is 14.9 Å². The lowest BCUT2D eigenvalue weighted by Gasteiger charge is -2.20. The summed E-state index contributed by atoms with van der Waals surface area (Å²) in [6, 6.07) is 4.82. The zero-order valence-corrected chi connectivity index (χ0v) is 13.3. The lowest BCUT2D eigenvalue weighted by Crippen LogP contribution is -2.27. The first kappa shape index (κ1) is 17.8. The number of aryl methyl sites for hydroxylation is 1. The molecule has 1 rings (SSSR count). The van der Waals surface area contributed by atoms with Crippen LogP contribution in [0.2, 0.25) is 0 Å². The summed E-state index contributed by atoms with van der Waals surface area (Å²) in [7, 11) is 0. The van der Waals surface area contributed by atoms with Crippen LogP contribution in [-0.4, -0.2) is 27.9 Å². The van der Waals surface area contributed by atoms with Crippen LogP contribution in [0, 0.1) is 5.92 Å². The zero-order valence-electron chi connectivity index (χ0n) is 13.3. The number of aromatic hydroxyl groups is 1. The second-order valence-electron chi connectivity index (χ2n) is 6.26. The van der Waals surface area contributed by atoms with Crippen LogP contribution in [0.25, 0.3) is 0 Å². The Balaban J connectivity index is 2.66. The maximum Gasteiger partial charge on any atom is 0.412 e. The molecule has 122 valence electrons. The second-order valence-corrected chi connectivity index (χ2v) is 6.26. The van der Waals surface area contributed by atoms with Gasteiger partial charge >= 0.3 is 12.1 Å². The van der Waals surface area contributed by atoms with Gasteiger partial charge in [0.2, 0.25) is 0 Å². The van der Waals surface area contributed by atoms with Crippen LogP contribution in [0.3, 0.4) is 0 Å². The van der Waals surface area contributed by atoms with E-state index in [0.717, 1.165) is 5.56 Å². The van der Waals surface area contributed by atoms with Gasteiger partial charge in [-0.15, -0.1) is 0 Å². The quantitative estimate of drug-likeness (QED) is 0.724. The van der Waals surface area contributed by atoms with Crippen LogP contribution in [-0.2, 0) is 16.0 Å². The number of hydrogen-bond donors (Lipinski definition) is 3. The molecule has 0 bridgehead atoms. The molecule has 6 nitrogen and oxygen atoms in total. The van der Waals surface area contributed by atoms with Gasteiger partial charge in [-0.2, -0.15) is 0 Å². The van der Waals surface area contributed by atoms with Gasteiger partial charge in [0.15, 0.2) is 0 Å². The van der Waals surface area contributed by atoms with Crippen molar-refractivity contribution in [3.63, 3.8) is 0 Å². The number of phenolic OH excluding ortho intramolecular Hbond substituents is 1. The molecule has 0 aliphatic carbocycles. The molecule has 0 spiro atoms. The van der Waals surface area contributed by atoms with E-state index >= 15 is 0 Å². The highest BCUT2D eigenvalue weighted by atomic mass is 16.6. The van der Waals surface area contributed by atoms with E-state index in [1.807, 2.05) is 0 Å². The average Bonchev–Trinajstić information content (AvgIpc) is 2.36. The van der Waals surface area contributed by atoms with Gasteiger partial charge in [0.05, 0.1) is 11.6 Å². The number of nitrogens with one attached hydrogen (secondary N) is 1. The van der Waals surface area contributed by atoms with Crippen LogP contribution >= 0.6 is 0 Å². The maximum atomic E-state index is 11.6. The number of carbonyl (C=O) groups is 2. The molecule has 3 N–H and O–H groups in total. The van der Waals surface area contributed by atoms with Crippen molar-refractivity contribution in [1.29, 1.82) is 0 Å². The summed E-state index contributed by atoms with van der Waals surface area (Å²) in [5, 5.41) is 21.2. The van der Waals surface area contributed by atoms with Gasteiger partial charge in [-0.05, 0) is 51.3 Å². The average molecular weight is 309 g/mol. The molecule has 6 heteroatoms. The van der Waals surface area contributed by atoms with Crippen LogP contribution < -0.4 is 5.32 Å². The Morgan fingerprint density at radius 2 is 1.95 bits per heavy atom. The molecule has 0 aromatic heterocycles. The number of ether oxygens (including phenoxy) is 1. The van der Waals surface area contributed by atoms with Gasteiger partial charge in [0.1, 0.15) is 11.4 Å². The number of phenols is 1. The normalized spacial score (nSPS) is 12.5. The smallest absolute Gasteiger partial charge is 0.412 e. The molecule has 0 aliphatic heterocycles. The highest BCUT2D eigenvalue weighted by molar-refractivity contribution is 5.86. The van der Waals surface area contributed by atoms with Crippen LogP contribution in [0.4, 0.5) is 10.5 Å². The number of aliphatic carboxylic acids is 1. The highest BCUT2D eigenvalue weighted by Gasteiger charge is 2.17. The fourth-order valence-electron chi connectivity index (χ4n) is 1.76. The largest absolute Gasteiger partial charge is 0.506 e. The SMILES string of the molecule is CC(CCc1ccc(NC(=O)OC(C)(C)C)c(O)c1)C(=O)O. The lowest BCUT2D eigenvalue weighted by atomic mass is 10.0. The summed E-state index contributed by atoms with van der Waals surface area (Å²) in [6.07, 6.45) is 0.372. The minimum atomic E-state index is -0.840. The van der Waals surface area contributed by atoms with E-state index in [1.165, 1.54) is 6.07 Å². The monoisotopic (exact) mass is 309 g/mol. The Hall–Kier alpha value is -2.24. The Bertz CT molecular complexity index is 548. The van der Waals surface area contributed by atoms with Crippen molar-refractivity contribution in [3.8, 4) is 5.75 Å². The molecule has 1 unspecified atom stereocenters. The third-order valence-electron chi connectivity index (χ3n) is 2.99. The molecule has 1 aromatic rings.